The van der Waals surface area contributed by atoms with Crippen molar-refractivity contribution in [2.45, 2.75) is 45.6 Å². The molecule has 6 nitrogen and oxygen atoms in total. The van der Waals surface area contributed by atoms with Gasteiger partial charge in [-0.2, -0.15) is 4.57 Å². The molecule has 0 saturated carbocycles. The lowest BCUT2D eigenvalue weighted by Crippen LogP contribution is -2.43. The summed E-state index contributed by atoms with van der Waals surface area (Å²) < 4.78 is 6.33. The third-order valence-electron chi connectivity index (χ3n) is 5.06. The van der Waals surface area contributed by atoms with Gasteiger partial charge < -0.3 is 9.72 Å². The van der Waals surface area contributed by atoms with Crippen molar-refractivity contribution >= 4 is 5.91 Å². The van der Waals surface area contributed by atoms with Crippen molar-refractivity contribution < 1.29 is 9.53 Å². The summed E-state index contributed by atoms with van der Waals surface area (Å²) in [6.07, 6.45) is 0.925. The molecule has 3 aromatic rings. The molecule has 0 fully saturated rings. The van der Waals surface area contributed by atoms with Crippen LogP contribution >= 0.6 is 0 Å². The van der Waals surface area contributed by atoms with E-state index in [9.17, 15) is 14.4 Å². The topological polar surface area (TPSA) is 81.2 Å². The van der Waals surface area contributed by atoms with Crippen LogP contribution < -0.4 is 11.2 Å². The van der Waals surface area contributed by atoms with Crippen molar-refractivity contribution in [3.8, 4) is 0 Å². The van der Waals surface area contributed by atoms with Crippen molar-refractivity contribution in [2.75, 3.05) is 6.61 Å². The van der Waals surface area contributed by atoms with Gasteiger partial charge in [0, 0.05) is 30.7 Å². The minimum atomic E-state index is -0.685. The van der Waals surface area contributed by atoms with Crippen LogP contribution in [0.2, 0.25) is 0 Å². The third-order valence-corrected chi connectivity index (χ3v) is 5.06. The van der Waals surface area contributed by atoms with E-state index < -0.39 is 17.2 Å². The first kappa shape index (κ1) is 22.4. The van der Waals surface area contributed by atoms with Crippen molar-refractivity contribution in [2.24, 2.45) is 0 Å². The van der Waals surface area contributed by atoms with Gasteiger partial charge in [0.25, 0.3) is 5.56 Å². The molecular weight excluding hydrogens is 392 g/mol. The van der Waals surface area contributed by atoms with Crippen LogP contribution in [0.25, 0.3) is 0 Å². The lowest BCUT2D eigenvalue weighted by atomic mass is 9.98. The van der Waals surface area contributed by atoms with Gasteiger partial charge in [-0.05, 0) is 23.5 Å². The van der Waals surface area contributed by atoms with Gasteiger partial charge in [0.05, 0.1) is 6.61 Å². The standard InChI is InChI=1S/C25H28N2O4/c1-18(2)23-21(16-19-10-5-3-6-11-19)26-25(30)27(24(23)29)22(28)14-9-15-31-17-20-12-7-4-8-13-20/h3-8,10-13,18H,9,14-17H2,1-2H3,(H,26,30). The number of carbonyl (C=O) groups is 1. The summed E-state index contributed by atoms with van der Waals surface area (Å²) in [6.45, 7) is 4.60. The summed E-state index contributed by atoms with van der Waals surface area (Å²) in [5.74, 6) is -0.640. The lowest BCUT2D eigenvalue weighted by Gasteiger charge is -2.14. The predicted octanol–water partition coefficient (Wildman–Crippen LogP) is 3.89. The maximum atomic E-state index is 13.0. The van der Waals surface area contributed by atoms with Gasteiger partial charge in [-0.15, -0.1) is 0 Å². The smallest absolute Gasteiger partial charge is 0.335 e. The maximum Gasteiger partial charge on any atom is 0.335 e. The van der Waals surface area contributed by atoms with Crippen LogP contribution in [0.3, 0.4) is 0 Å². The van der Waals surface area contributed by atoms with Crippen LogP contribution in [-0.4, -0.2) is 22.1 Å². The maximum absolute atomic E-state index is 13.0. The second-order valence-electron chi connectivity index (χ2n) is 7.82. The van der Waals surface area contributed by atoms with Crippen molar-refractivity contribution in [1.82, 2.24) is 9.55 Å². The van der Waals surface area contributed by atoms with Gasteiger partial charge in [-0.1, -0.05) is 74.5 Å². The third kappa shape index (κ3) is 5.89. The molecular formula is C25H28N2O4. The Morgan fingerprint density at radius 3 is 2.19 bits per heavy atom. The number of nitrogens with one attached hydrogen (secondary N) is 1. The molecule has 3 rings (SSSR count). The monoisotopic (exact) mass is 420 g/mol. The van der Waals surface area contributed by atoms with E-state index in [0.717, 1.165) is 15.7 Å². The molecule has 31 heavy (non-hydrogen) atoms. The quantitative estimate of drug-likeness (QED) is 0.533. The molecule has 1 N–H and O–H groups in total. The van der Waals surface area contributed by atoms with E-state index in [1.54, 1.807) is 0 Å². The van der Waals surface area contributed by atoms with Gasteiger partial charge in [-0.25, -0.2) is 4.79 Å². The zero-order valence-corrected chi connectivity index (χ0v) is 18.0. The first-order chi connectivity index (χ1) is 15.0. The fourth-order valence-corrected chi connectivity index (χ4v) is 3.56. The molecule has 0 unspecified atom stereocenters. The summed E-state index contributed by atoms with van der Waals surface area (Å²) in [7, 11) is 0. The van der Waals surface area contributed by atoms with E-state index in [0.29, 0.717) is 37.3 Å². The minimum Gasteiger partial charge on any atom is -0.377 e. The molecule has 0 aliphatic carbocycles. The Kier molecular flexibility index (Phi) is 7.73. The summed E-state index contributed by atoms with van der Waals surface area (Å²) in [5, 5.41) is 0. The summed E-state index contributed by atoms with van der Waals surface area (Å²) in [5.41, 5.74) is 1.86. The number of aromatic nitrogens is 2. The molecule has 0 aliphatic rings. The summed E-state index contributed by atoms with van der Waals surface area (Å²) in [6, 6.07) is 19.4. The van der Waals surface area contributed by atoms with Gasteiger partial charge in [0.2, 0.25) is 5.91 Å². The number of benzene rings is 2. The van der Waals surface area contributed by atoms with Crippen LogP contribution in [-0.2, 0) is 17.8 Å². The molecule has 0 bridgehead atoms. The molecule has 1 heterocycles. The zero-order valence-electron chi connectivity index (χ0n) is 18.0. The Hall–Kier alpha value is -3.25. The van der Waals surface area contributed by atoms with E-state index in [2.05, 4.69) is 4.98 Å². The number of hydrogen-bond donors (Lipinski definition) is 1. The van der Waals surface area contributed by atoms with Crippen molar-refractivity contribution in [3.05, 3.63) is 104 Å². The molecule has 0 amide bonds. The first-order valence-electron chi connectivity index (χ1n) is 10.5. The lowest BCUT2D eigenvalue weighted by molar-refractivity contribution is 0.0837. The molecule has 1 aromatic heterocycles. The van der Waals surface area contributed by atoms with Crippen molar-refractivity contribution in [1.29, 1.82) is 0 Å². The van der Waals surface area contributed by atoms with Crippen LogP contribution in [0.5, 0.6) is 0 Å². The van der Waals surface area contributed by atoms with Gasteiger partial charge in [0.15, 0.2) is 0 Å². The molecule has 6 heteroatoms. The number of aromatic amines is 1. The van der Waals surface area contributed by atoms with Crippen LogP contribution in [0, 0.1) is 0 Å². The molecule has 2 aromatic carbocycles. The van der Waals surface area contributed by atoms with E-state index >= 15 is 0 Å². The average Bonchev–Trinajstić information content (AvgIpc) is 2.74. The second kappa shape index (κ2) is 10.7. The molecule has 162 valence electrons. The number of hydrogen-bond acceptors (Lipinski definition) is 4. The summed E-state index contributed by atoms with van der Waals surface area (Å²) in [4.78, 5) is 41.1. The Morgan fingerprint density at radius 2 is 1.58 bits per heavy atom. The van der Waals surface area contributed by atoms with E-state index in [4.69, 9.17) is 4.74 Å². The molecule has 0 radical (unpaired) electrons. The first-order valence-corrected chi connectivity index (χ1v) is 10.5. The Balaban J connectivity index is 1.70. The average molecular weight is 421 g/mol. The second-order valence-corrected chi connectivity index (χ2v) is 7.82. The Bertz CT molecular complexity index is 1120. The highest BCUT2D eigenvalue weighted by atomic mass is 16.5. The fraction of sp³-hybridized carbons (Fsp3) is 0.320. The van der Waals surface area contributed by atoms with Crippen LogP contribution in [0.1, 0.15) is 59.8 Å². The normalized spacial score (nSPS) is 11.1. The van der Waals surface area contributed by atoms with E-state index in [1.807, 2.05) is 74.5 Å². The van der Waals surface area contributed by atoms with Gasteiger partial charge in [0.1, 0.15) is 0 Å². The highest BCUT2D eigenvalue weighted by molar-refractivity contribution is 5.78. The minimum absolute atomic E-state index is 0.0628. The van der Waals surface area contributed by atoms with Crippen LogP contribution in [0.4, 0.5) is 0 Å². The number of rotatable bonds is 9. The molecule has 0 atom stereocenters. The van der Waals surface area contributed by atoms with Crippen molar-refractivity contribution in [3.63, 3.8) is 0 Å². The number of H-pyrrole nitrogens is 1. The van der Waals surface area contributed by atoms with Gasteiger partial charge >= 0.3 is 5.69 Å². The zero-order chi connectivity index (χ0) is 22.2. The predicted molar refractivity (Wildman–Crippen MR) is 121 cm³/mol. The van der Waals surface area contributed by atoms with E-state index in [-0.39, 0.29) is 12.3 Å². The largest absolute Gasteiger partial charge is 0.377 e. The molecule has 0 saturated heterocycles. The SMILES string of the molecule is CC(C)c1c(Cc2ccccc2)[nH]c(=O)n(C(=O)CCCOCc2ccccc2)c1=O. The highest BCUT2D eigenvalue weighted by Crippen LogP contribution is 2.16. The van der Waals surface area contributed by atoms with E-state index in [1.165, 1.54) is 0 Å². The summed E-state index contributed by atoms with van der Waals surface area (Å²) >= 11 is 0. The molecule has 0 spiro atoms. The highest BCUT2D eigenvalue weighted by Gasteiger charge is 2.20. The van der Waals surface area contributed by atoms with Gasteiger partial charge in [-0.3, -0.25) is 9.59 Å². The Morgan fingerprint density at radius 1 is 0.968 bits per heavy atom. The van der Waals surface area contributed by atoms with Crippen LogP contribution in [0.15, 0.2) is 70.3 Å². The number of ether oxygens (including phenoxy) is 1. The molecule has 0 aliphatic heterocycles. The Labute approximate surface area is 181 Å². The number of carbonyl (C=O) groups excluding carboxylic acids is 1. The fourth-order valence-electron chi connectivity index (χ4n) is 3.56. The number of nitrogens with zero attached hydrogens (tertiary/aromatic N) is 1.